The molecule has 3 heterocycles. The largest absolute Gasteiger partial charge is 0.422 e. The van der Waals surface area contributed by atoms with Crippen molar-refractivity contribution in [3.63, 3.8) is 0 Å². The fourth-order valence-electron chi connectivity index (χ4n) is 2.69. The zero-order chi connectivity index (χ0) is 13.5. The number of aromatic nitrogens is 5. The summed E-state index contributed by atoms with van der Waals surface area (Å²) >= 11 is 0. The smallest absolute Gasteiger partial charge is 0.252 e. The molecule has 3 aromatic heterocycles. The summed E-state index contributed by atoms with van der Waals surface area (Å²) < 4.78 is 5.40. The molecule has 0 bridgehead atoms. The number of anilines is 1. The molecule has 1 aliphatic rings. The number of H-pyrrole nitrogens is 1. The van der Waals surface area contributed by atoms with E-state index in [1.807, 2.05) is 0 Å². The second-order valence-electron chi connectivity index (χ2n) is 4.94. The molecule has 0 radical (unpaired) electrons. The second-order valence-corrected chi connectivity index (χ2v) is 4.94. The van der Waals surface area contributed by atoms with Crippen molar-refractivity contribution >= 4 is 17.0 Å². The van der Waals surface area contributed by atoms with Gasteiger partial charge in [0.25, 0.3) is 5.71 Å². The van der Waals surface area contributed by atoms with E-state index in [9.17, 15) is 0 Å². The summed E-state index contributed by atoms with van der Waals surface area (Å²) in [6.45, 7) is 2.43. The Balaban J connectivity index is 1.61. The number of hydrogen-bond acceptors (Lipinski definition) is 6. The van der Waals surface area contributed by atoms with E-state index in [1.165, 1.54) is 24.0 Å². The van der Waals surface area contributed by atoms with Crippen molar-refractivity contribution in [3.05, 3.63) is 29.2 Å². The van der Waals surface area contributed by atoms with Crippen LogP contribution in [0.25, 0.3) is 11.2 Å². The van der Waals surface area contributed by atoms with Crippen molar-refractivity contribution in [3.8, 4) is 0 Å². The normalized spacial score (nSPS) is 13.8. The lowest BCUT2D eigenvalue weighted by Crippen LogP contribution is -2.04. The van der Waals surface area contributed by atoms with Crippen molar-refractivity contribution in [2.75, 3.05) is 5.32 Å². The van der Waals surface area contributed by atoms with Crippen LogP contribution < -0.4 is 5.32 Å². The predicted octanol–water partition coefficient (Wildman–Crippen LogP) is 1.75. The van der Waals surface area contributed by atoms with Gasteiger partial charge in [-0.25, -0.2) is 9.97 Å². The first kappa shape index (κ1) is 11.4. The molecule has 102 valence electrons. The summed E-state index contributed by atoms with van der Waals surface area (Å²) in [6.07, 6.45) is 4.88. The van der Waals surface area contributed by atoms with Gasteiger partial charge in [0, 0.05) is 12.6 Å². The van der Waals surface area contributed by atoms with Gasteiger partial charge < -0.3 is 9.73 Å². The van der Waals surface area contributed by atoms with Crippen molar-refractivity contribution < 1.29 is 4.42 Å². The van der Waals surface area contributed by atoms with Gasteiger partial charge in [-0.05, 0) is 24.8 Å². The molecule has 0 aliphatic heterocycles. The monoisotopic (exact) mass is 270 g/mol. The molecule has 7 heteroatoms. The lowest BCUT2D eigenvalue weighted by molar-refractivity contribution is 0.551. The van der Waals surface area contributed by atoms with E-state index in [-0.39, 0.29) is 0 Å². The van der Waals surface area contributed by atoms with Gasteiger partial charge in [0.2, 0.25) is 0 Å². The number of rotatable bonds is 3. The van der Waals surface area contributed by atoms with Gasteiger partial charge in [0.1, 0.15) is 6.33 Å². The number of oxazole rings is 1. The molecule has 7 nitrogen and oxygen atoms in total. The minimum atomic E-state index is 0.507. The average molecular weight is 270 g/mol. The summed E-state index contributed by atoms with van der Waals surface area (Å²) in [5, 5.41) is 10.7. The van der Waals surface area contributed by atoms with E-state index in [4.69, 9.17) is 4.42 Å². The third kappa shape index (κ3) is 1.74. The Morgan fingerprint density at radius 2 is 2.30 bits per heavy atom. The highest BCUT2D eigenvalue weighted by molar-refractivity contribution is 5.80. The maximum Gasteiger partial charge on any atom is 0.252 e. The van der Waals surface area contributed by atoms with Crippen LogP contribution in [0.2, 0.25) is 0 Å². The third-order valence-corrected chi connectivity index (χ3v) is 3.62. The van der Waals surface area contributed by atoms with Crippen molar-refractivity contribution in [2.24, 2.45) is 0 Å². The molecule has 0 saturated carbocycles. The molecule has 0 atom stereocenters. The molecule has 2 N–H and O–H groups in total. The Morgan fingerprint density at radius 1 is 1.35 bits per heavy atom. The number of nitrogens with zero attached hydrogens (tertiary/aromatic N) is 4. The van der Waals surface area contributed by atoms with Gasteiger partial charge in [0.05, 0.1) is 12.2 Å². The number of fused-ring (bicyclic) bond motifs is 2. The summed E-state index contributed by atoms with van der Waals surface area (Å²) in [7, 11) is 0. The van der Waals surface area contributed by atoms with Crippen LogP contribution in [0.4, 0.5) is 5.82 Å². The Bertz CT molecular complexity index is 774. The summed E-state index contributed by atoms with van der Waals surface area (Å²) in [5.41, 5.74) is 4.85. The molecule has 1 aliphatic carbocycles. The van der Waals surface area contributed by atoms with E-state index in [0.29, 0.717) is 29.5 Å². The highest BCUT2D eigenvalue weighted by Crippen LogP contribution is 2.24. The highest BCUT2D eigenvalue weighted by atomic mass is 16.4. The molecule has 3 aromatic rings. The summed E-state index contributed by atoms with van der Waals surface area (Å²) in [4.78, 5) is 12.6. The van der Waals surface area contributed by atoms with E-state index in [1.54, 1.807) is 6.92 Å². The van der Waals surface area contributed by atoms with Gasteiger partial charge in [-0.3, -0.25) is 5.10 Å². The first-order chi connectivity index (χ1) is 9.81. The maximum atomic E-state index is 5.40. The first-order valence-corrected chi connectivity index (χ1v) is 6.68. The van der Waals surface area contributed by atoms with Crippen molar-refractivity contribution in [2.45, 2.75) is 32.7 Å². The second kappa shape index (κ2) is 4.29. The van der Waals surface area contributed by atoms with Crippen LogP contribution in [0.3, 0.4) is 0 Å². The zero-order valence-corrected chi connectivity index (χ0v) is 11.1. The Kier molecular flexibility index (Phi) is 2.45. The first-order valence-electron chi connectivity index (χ1n) is 6.68. The topological polar surface area (TPSA) is 92.5 Å². The average Bonchev–Trinajstić information content (AvgIpc) is 3.10. The molecular formula is C13H14N6O. The standard InChI is InChI=1S/C13H14N6O/c1-7-17-11-12(15-6-16-13(11)20-7)14-5-10-8-3-2-4-9(8)18-19-10/h6H,2-5H2,1H3,(H,18,19)(H,14,15,16). The van der Waals surface area contributed by atoms with Crippen LogP contribution in [-0.4, -0.2) is 25.1 Å². The molecular weight excluding hydrogens is 256 g/mol. The molecule has 0 amide bonds. The molecule has 0 spiro atoms. The Hall–Kier alpha value is -2.44. The van der Waals surface area contributed by atoms with Gasteiger partial charge in [0.15, 0.2) is 17.2 Å². The molecule has 0 saturated heterocycles. The molecule has 20 heavy (non-hydrogen) atoms. The Morgan fingerprint density at radius 3 is 3.25 bits per heavy atom. The highest BCUT2D eigenvalue weighted by Gasteiger charge is 2.18. The summed E-state index contributed by atoms with van der Waals surface area (Å²) in [6, 6.07) is 0. The van der Waals surface area contributed by atoms with Gasteiger partial charge >= 0.3 is 0 Å². The van der Waals surface area contributed by atoms with Crippen LogP contribution >= 0.6 is 0 Å². The van der Waals surface area contributed by atoms with E-state index < -0.39 is 0 Å². The summed E-state index contributed by atoms with van der Waals surface area (Å²) in [5.74, 6) is 1.27. The molecule has 0 fully saturated rings. The van der Waals surface area contributed by atoms with Gasteiger partial charge in [-0.1, -0.05) is 0 Å². The predicted molar refractivity (Wildman–Crippen MR) is 72.3 cm³/mol. The van der Waals surface area contributed by atoms with Crippen molar-refractivity contribution in [1.82, 2.24) is 25.1 Å². The van der Waals surface area contributed by atoms with Crippen LogP contribution in [0, 0.1) is 6.92 Å². The maximum absolute atomic E-state index is 5.40. The minimum Gasteiger partial charge on any atom is -0.422 e. The third-order valence-electron chi connectivity index (χ3n) is 3.62. The lowest BCUT2D eigenvalue weighted by Gasteiger charge is -2.04. The van der Waals surface area contributed by atoms with Crippen LogP contribution in [0.5, 0.6) is 0 Å². The van der Waals surface area contributed by atoms with Crippen molar-refractivity contribution in [1.29, 1.82) is 0 Å². The molecule has 0 unspecified atom stereocenters. The zero-order valence-electron chi connectivity index (χ0n) is 11.1. The molecule has 0 aromatic carbocycles. The number of nitrogens with one attached hydrogen (secondary N) is 2. The van der Waals surface area contributed by atoms with E-state index >= 15 is 0 Å². The van der Waals surface area contributed by atoms with E-state index in [0.717, 1.165) is 18.5 Å². The number of hydrogen-bond donors (Lipinski definition) is 2. The Labute approximate surface area is 114 Å². The fraction of sp³-hybridized carbons (Fsp3) is 0.385. The van der Waals surface area contributed by atoms with Gasteiger partial charge in [-0.15, -0.1) is 0 Å². The quantitative estimate of drug-likeness (QED) is 0.753. The van der Waals surface area contributed by atoms with Gasteiger partial charge in [-0.2, -0.15) is 10.1 Å². The van der Waals surface area contributed by atoms with Crippen LogP contribution in [0.1, 0.15) is 29.3 Å². The number of aryl methyl sites for hydroxylation is 2. The van der Waals surface area contributed by atoms with E-state index in [2.05, 4.69) is 30.5 Å². The SMILES string of the molecule is Cc1nc2c(NCc3n[nH]c4c3CCC4)ncnc2o1. The number of aromatic amines is 1. The molecule has 4 rings (SSSR count). The van der Waals surface area contributed by atoms with Crippen LogP contribution in [-0.2, 0) is 19.4 Å². The fourth-order valence-corrected chi connectivity index (χ4v) is 2.69. The van der Waals surface area contributed by atoms with Crippen LogP contribution in [0.15, 0.2) is 10.7 Å². The minimum absolute atomic E-state index is 0.507. The lowest BCUT2D eigenvalue weighted by atomic mass is 10.2.